The van der Waals surface area contributed by atoms with Crippen LogP contribution in [0.1, 0.15) is 26.2 Å². The highest BCUT2D eigenvalue weighted by atomic mass is 35.5. The van der Waals surface area contributed by atoms with E-state index in [1.165, 1.54) is 31.0 Å². The van der Waals surface area contributed by atoms with Gasteiger partial charge >= 0.3 is 0 Å². The molecule has 0 aliphatic heterocycles. The second-order valence-corrected chi connectivity index (χ2v) is 6.25. The van der Waals surface area contributed by atoms with Crippen molar-refractivity contribution in [2.45, 2.75) is 26.2 Å². The van der Waals surface area contributed by atoms with Crippen LogP contribution >= 0.6 is 23.6 Å². The highest BCUT2D eigenvalue weighted by molar-refractivity contribution is 7.95. The molecule has 0 heterocycles. The minimum atomic E-state index is -0.454. The summed E-state index contributed by atoms with van der Waals surface area (Å²) in [6.45, 7) is 2.16. The van der Waals surface area contributed by atoms with Crippen LogP contribution < -0.4 is 4.18 Å². The lowest BCUT2D eigenvalue weighted by molar-refractivity contribution is -0.384. The van der Waals surface area contributed by atoms with Crippen molar-refractivity contribution in [3.05, 3.63) is 57.6 Å². The number of nitro groups is 1. The Morgan fingerprint density at radius 2 is 2.00 bits per heavy atom. The molecule has 0 aliphatic carbocycles. The van der Waals surface area contributed by atoms with Crippen molar-refractivity contribution in [1.82, 2.24) is 0 Å². The first-order chi connectivity index (χ1) is 11.1. The third-order valence-corrected chi connectivity index (χ3v) is 4.37. The number of nitrogens with zero attached hydrogens (tertiary/aromatic N) is 1. The number of hydrogen-bond acceptors (Lipinski definition) is 4. The molecule has 0 unspecified atom stereocenters. The van der Waals surface area contributed by atoms with Gasteiger partial charge in [-0.3, -0.25) is 10.1 Å². The molecule has 0 amide bonds. The lowest BCUT2D eigenvalue weighted by atomic mass is 10.0. The Kier molecular flexibility index (Phi) is 6.74. The van der Waals surface area contributed by atoms with E-state index < -0.39 is 4.92 Å². The molecule has 0 N–H and O–H groups in total. The number of unbranched alkanes of at least 4 members (excludes halogenated alkanes) is 2. The average Bonchev–Trinajstić information content (AvgIpc) is 2.54. The van der Waals surface area contributed by atoms with Crippen molar-refractivity contribution in [3.8, 4) is 16.9 Å². The second kappa shape index (κ2) is 8.79. The fraction of sp³-hybridized carbons (Fsp3) is 0.294. The number of hydrogen-bond donors (Lipinski definition) is 0. The van der Waals surface area contributed by atoms with Crippen LogP contribution in [0.15, 0.2) is 42.5 Å². The number of halogens is 1. The highest BCUT2D eigenvalue weighted by Crippen LogP contribution is 2.37. The molecule has 0 radical (unpaired) electrons. The van der Waals surface area contributed by atoms with Crippen LogP contribution in [0.25, 0.3) is 11.1 Å². The number of nitro benzene ring substituents is 1. The van der Waals surface area contributed by atoms with Crippen molar-refractivity contribution in [3.63, 3.8) is 0 Å². The van der Waals surface area contributed by atoms with Crippen molar-refractivity contribution in [1.29, 1.82) is 0 Å². The largest absolute Gasteiger partial charge is 0.426 e. The molecule has 2 aromatic rings. The summed E-state index contributed by atoms with van der Waals surface area (Å²) in [6.07, 6.45) is 3.47. The molecule has 4 nitrogen and oxygen atoms in total. The molecule has 0 spiro atoms. The lowest BCUT2D eigenvalue weighted by Gasteiger charge is -2.08. The van der Waals surface area contributed by atoms with E-state index in [9.17, 15) is 10.1 Å². The van der Waals surface area contributed by atoms with Gasteiger partial charge in [-0.1, -0.05) is 49.6 Å². The number of rotatable bonds is 8. The van der Waals surface area contributed by atoms with Crippen molar-refractivity contribution < 1.29 is 9.11 Å². The molecule has 0 aromatic heterocycles. The van der Waals surface area contributed by atoms with Gasteiger partial charge in [0.1, 0.15) is 10.8 Å². The predicted octanol–water partition coefficient (Wildman–Crippen LogP) is 6.13. The Morgan fingerprint density at radius 3 is 2.74 bits per heavy atom. The van der Waals surface area contributed by atoms with E-state index in [1.54, 1.807) is 18.2 Å². The molecule has 0 saturated carbocycles. The summed E-state index contributed by atoms with van der Waals surface area (Å²) in [5.74, 6) is 1.60. The van der Waals surface area contributed by atoms with Gasteiger partial charge in [0.15, 0.2) is 0 Å². The van der Waals surface area contributed by atoms with Gasteiger partial charge in [0, 0.05) is 5.75 Å². The van der Waals surface area contributed by atoms with Gasteiger partial charge in [-0.2, -0.15) is 0 Å². The third kappa shape index (κ3) is 4.88. The molecule has 0 atom stereocenters. The molecule has 2 aromatic carbocycles. The normalized spacial score (nSPS) is 10.5. The topological polar surface area (TPSA) is 52.4 Å². The Labute approximate surface area is 145 Å². The first-order valence-corrected chi connectivity index (χ1v) is 8.75. The van der Waals surface area contributed by atoms with Crippen LogP contribution in [-0.4, -0.2) is 10.7 Å². The van der Waals surface area contributed by atoms with Crippen LogP contribution in [0, 0.1) is 10.1 Å². The van der Waals surface area contributed by atoms with Gasteiger partial charge in [-0.15, -0.1) is 0 Å². The van der Waals surface area contributed by atoms with Gasteiger partial charge in [0.05, 0.1) is 22.5 Å². The lowest BCUT2D eigenvalue weighted by Crippen LogP contribution is -1.93. The zero-order valence-corrected chi connectivity index (χ0v) is 14.4. The highest BCUT2D eigenvalue weighted by Gasteiger charge is 2.19. The average molecular weight is 352 g/mol. The SMILES string of the molecule is CCCCCSOc1cccc(-c2cccc(Cl)c2[N+](=O)[O-])c1. The van der Waals surface area contributed by atoms with Gasteiger partial charge in [0.2, 0.25) is 0 Å². The summed E-state index contributed by atoms with van der Waals surface area (Å²) in [5.41, 5.74) is 1.12. The Morgan fingerprint density at radius 1 is 1.22 bits per heavy atom. The molecule has 2 rings (SSSR count). The molecule has 23 heavy (non-hydrogen) atoms. The van der Waals surface area contributed by atoms with Crippen LogP contribution in [0.5, 0.6) is 5.75 Å². The van der Waals surface area contributed by atoms with E-state index in [0.717, 1.165) is 12.2 Å². The maximum Gasteiger partial charge on any atom is 0.295 e. The number of benzene rings is 2. The smallest absolute Gasteiger partial charge is 0.295 e. The minimum Gasteiger partial charge on any atom is -0.426 e. The Bertz CT molecular complexity index is 679. The molecule has 0 bridgehead atoms. The molecule has 6 heteroatoms. The monoisotopic (exact) mass is 351 g/mol. The first-order valence-electron chi connectivity index (χ1n) is 7.46. The summed E-state index contributed by atoms with van der Waals surface area (Å²) < 4.78 is 5.66. The van der Waals surface area contributed by atoms with Crippen LogP contribution in [0.4, 0.5) is 5.69 Å². The standard InChI is InChI=1S/C17H18ClNO3S/c1-2-3-4-11-23-22-14-8-5-7-13(12-14)15-9-6-10-16(18)17(15)19(20)21/h5-10,12H,2-4,11H2,1H3. The summed E-state index contributed by atoms with van der Waals surface area (Å²) >= 11 is 7.37. The van der Waals surface area contributed by atoms with E-state index in [-0.39, 0.29) is 10.7 Å². The van der Waals surface area contributed by atoms with Crippen molar-refractivity contribution in [2.75, 3.05) is 5.75 Å². The van der Waals surface area contributed by atoms with Crippen molar-refractivity contribution >= 4 is 29.3 Å². The second-order valence-electron chi connectivity index (χ2n) is 5.03. The van der Waals surface area contributed by atoms with Crippen LogP contribution in [-0.2, 0) is 0 Å². The fourth-order valence-corrected chi connectivity index (χ4v) is 3.06. The van der Waals surface area contributed by atoms with Gasteiger partial charge in [0.25, 0.3) is 5.69 Å². The van der Waals surface area contributed by atoms with E-state index in [1.807, 2.05) is 18.2 Å². The summed E-state index contributed by atoms with van der Waals surface area (Å²) in [5, 5.41) is 11.4. The van der Waals surface area contributed by atoms with E-state index in [0.29, 0.717) is 16.9 Å². The van der Waals surface area contributed by atoms with Gasteiger partial charge < -0.3 is 4.18 Å². The molecule has 122 valence electrons. The summed E-state index contributed by atoms with van der Waals surface area (Å²) in [6, 6.07) is 12.2. The zero-order chi connectivity index (χ0) is 16.7. The van der Waals surface area contributed by atoms with Crippen LogP contribution in [0.3, 0.4) is 0 Å². The van der Waals surface area contributed by atoms with E-state index in [4.69, 9.17) is 15.8 Å². The predicted molar refractivity (Wildman–Crippen MR) is 96.2 cm³/mol. The first kappa shape index (κ1) is 17.6. The summed E-state index contributed by atoms with van der Waals surface area (Å²) in [4.78, 5) is 10.8. The zero-order valence-electron chi connectivity index (χ0n) is 12.8. The maximum absolute atomic E-state index is 11.3. The third-order valence-electron chi connectivity index (χ3n) is 3.30. The van der Waals surface area contributed by atoms with E-state index in [2.05, 4.69) is 6.92 Å². The molecule has 0 fully saturated rings. The fourth-order valence-electron chi connectivity index (χ4n) is 2.17. The quantitative estimate of drug-likeness (QED) is 0.248. The minimum absolute atomic E-state index is 0.0816. The Hall–Kier alpha value is -1.72. The van der Waals surface area contributed by atoms with Gasteiger partial charge in [-0.25, -0.2) is 0 Å². The molecular formula is C17H18ClNO3S. The molecule has 0 aliphatic rings. The summed E-state index contributed by atoms with van der Waals surface area (Å²) in [7, 11) is 0. The molecular weight excluding hydrogens is 334 g/mol. The van der Waals surface area contributed by atoms with Gasteiger partial charge in [-0.05, 0) is 36.2 Å². The Balaban J connectivity index is 2.17. The maximum atomic E-state index is 11.3. The number of para-hydroxylation sites is 1. The van der Waals surface area contributed by atoms with Crippen molar-refractivity contribution in [2.24, 2.45) is 0 Å². The van der Waals surface area contributed by atoms with E-state index >= 15 is 0 Å². The van der Waals surface area contributed by atoms with Crippen LogP contribution in [0.2, 0.25) is 5.02 Å². The molecule has 0 saturated heterocycles.